The van der Waals surface area contributed by atoms with Crippen LogP contribution in [-0.2, 0) is 72.5 Å². The minimum atomic E-state index is -1.60. The minimum Gasteiger partial charge on any atom is -0.496 e. The van der Waals surface area contributed by atoms with Crippen molar-refractivity contribution in [3.63, 3.8) is 0 Å². The third kappa shape index (κ3) is 15.7. The number of carbonyl (C=O) groups excluding carboxylic acids is 2. The van der Waals surface area contributed by atoms with E-state index in [1.807, 2.05) is 24.3 Å². The van der Waals surface area contributed by atoms with Gasteiger partial charge < -0.3 is 119 Å². The van der Waals surface area contributed by atoms with Gasteiger partial charge in [-0.1, -0.05) is 74.5 Å². The zero-order chi connectivity index (χ0) is 74.7. The lowest BCUT2D eigenvalue weighted by molar-refractivity contribution is -0.425. The molecule has 12 saturated heterocycles. The first-order chi connectivity index (χ1) is 51.2. The molecule has 14 aliphatic heterocycles. The summed E-state index contributed by atoms with van der Waals surface area (Å²) in [7, 11) is 1.68. The molecule has 1 unspecified atom stereocenters. The number of anilines is 1. The van der Waals surface area contributed by atoms with Crippen LogP contribution in [0.2, 0.25) is 0 Å². The molecule has 4 aromatic carbocycles. The van der Waals surface area contributed by atoms with Gasteiger partial charge in [0.1, 0.15) is 110 Å². The SMILES string of the molecule is COC1=C(/C=C/C2=[N+](CC(=O)NCCCO[C@H]3[C@H]4O[C@H]5[C@H](O)[C@@H](O)[C@@H](CCCO[C@@H]([C@@H]3O)[C@@H](CO)O4)O[C@@H]5CO)c3ccc4ccccc4c3C2(C)C)CCC/C1=C\C=C1\N(CC(=O)NCCCO[C@H]2[C@H]3CCCO[C@H]4[C@H](O)[C@@H](O)[C@@H](OC([C@@H](CO)O3)[C@@H]2O)O[C@@H]4CO)c2ccc3ccccc3c2C1(C)C. The smallest absolute Gasteiger partial charge is 0.286 e. The molecule has 20 atom stereocenters. The van der Waals surface area contributed by atoms with Crippen LogP contribution in [0.5, 0.6) is 0 Å². The number of nitrogens with zero attached hydrogens (tertiary/aromatic N) is 2. The third-order valence-corrected chi connectivity index (χ3v) is 22.6. The number of aliphatic hydroxyl groups is 10. The lowest BCUT2D eigenvalue weighted by atomic mass is 9.78. The van der Waals surface area contributed by atoms with Crippen molar-refractivity contribution < 1.29 is 117 Å². The second-order valence-electron chi connectivity index (χ2n) is 30.1. The van der Waals surface area contributed by atoms with Crippen LogP contribution in [0.4, 0.5) is 11.4 Å². The molecule has 19 rings (SSSR count). The maximum atomic E-state index is 14.4. The molecule has 1 aliphatic carbocycles. The number of allylic oxidation sites excluding steroid dienone is 7. The lowest BCUT2D eigenvalue weighted by Gasteiger charge is -2.47. The van der Waals surface area contributed by atoms with E-state index in [1.165, 1.54) is 0 Å². The fourth-order valence-electron chi connectivity index (χ4n) is 17.2. The number of benzene rings is 4. The molecule has 12 fully saturated rings. The molecule has 578 valence electrons. The van der Waals surface area contributed by atoms with E-state index in [1.54, 1.807) is 7.11 Å². The summed E-state index contributed by atoms with van der Waals surface area (Å²) in [5.74, 6) is 0.255. The maximum absolute atomic E-state index is 14.4. The molecule has 27 heteroatoms. The lowest BCUT2D eigenvalue weighted by Crippen LogP contribution is -2.65. The number of fused-ring (bicyclic) bond motifs is 6. The minimum absolute atomic E-state index is 0.00410. The van der Waals surface area contributed by atoms with Crippen molar-refractivity contribution in [3.05, 3.63) is 131 Å². The summed E-state index contributed by atoms with van der Waals surface area (Å²) < 4.78 is 69.4. The molecule has 15 aliphatic rings. The van der Waals surface area contributed by atoms with E-state index in [2.05, 4.69) is 121 Å². The Labute approximate surface area is 616 Å². The predicted octanol–water partition coefficient (Wildman–Crippen LogP) is 2.65. The van der Waals surface area contributed by atoms with Crippen molar-refractivity contribution in [2.45, 2.75) is 219 Å². The second-order valence-corrected chi connectivity index (χ2v) is 30.1. The van der Waals surface area contributed by atoms with Gasteiger partial charge >= 0.3 is 0 Å². The Morgan fingerprint density at radius 2 is 1.12 bits per heavy atom. The van der Waals surface area contributed by atoms with E-state index in [-0.39, 0.29) is 70.8 Å². The Bertz CT molecular complexity index is 3910. The standard InChI is InChI=1S/C79H104N4O23/c1-78(2)57(82(49-27-23-43-15-6-8-19-47(43)61(49)78)37-59(88)80-31-13-35-99-70-52-22-12-34-97-71-53(39-84)103-76(66(93)65(71)92)105-74(67(70)94)56(42-87)102-52)29-25-45-17-10-18-46(69(45)96-5)26-30-58-79(3,4)62-48-20-9-7-16-44(48)24-28-50(62)83(58)38-60(89)81-32-14-36-100-75-68(95)72-54(40-85)104-77(75)106-73-55(41-86)101-51(21-11-33-98-72)63(90)64(73)91/h6-9,15-16,19-20,23-30,51-56,63-68,70-77,84-87,90-95H,10-14,17-18,21-22,31-42H2,1-5H3,(H-,80,81,88,89)/p+1/t51-,52-,53-,54-,55-,56-,63+,64-,65-,66-,67-,68+,70+,71-,72-,73-,74?,75-,76-,77-/m1/s1. The quantitative estimate of drug-likeness (QED) is 0.0397. The first-order valence-corrected chi connectivity index (χ1v) is 37.5. The number of aliphatic hydroxyl groups excluding tert-OH is 10. The summed E-state index contributed by atoms with van der Waals surface area (Å²) in [6.45, 7) is 7.31. The molecule has 0 radical (unpaired) electrons. The second kappa shape index (κ2) is 33.9. The van der Waals surface area contributed by atoms with Crippen LogP contribution in [0, 0.1) is 0 Å². The molecule has 4 aromatic rings. The van der Waals surface area contributed by atoms with Crippen molar-refractivity contribution in [3.8, 4) is 0 Å². The molecule has 106 heavy (non-hydrogen) atoms. The Balaban J connectivity index is 0.702. The van der Waals surface area contributed by atoms with Gasteiger partial charge in [0.05, 0.1) is 51.2 Å². The topological polar surface area (TPSA) is 368 Å². The zero-order valence-electron chi connectivity index (χ0n) is 60.8. The van der Waals surface area contributed by atoms with E-state index in [4.69, 9.17) is 52.1 Å². The number of hydrogen-bond acceptors (Lipinski definition) is 24. The van der Waals surface area contributed by atoms with Crippen LogP contribution in [0.1, 0.15) is 96.6 Å². The summed E-state index contributed by atoms with van der Waals surface area (Å²) in [5.41, 5.74) is 6.61. The fraction of sp³-hybridized carbons (Fsp3) is 0.608. The van der Waals surface area contributed by atoms with Crippen molar-refractivity contribution in [2.75, 3.05) is 91.0 Å². The fourth-order valence-corrected chi connectivity index (χ4v) is 17.2. The Morgan fingerprint density at radius 1 is 0.566 bits per heavy atom. The molecule has 2 amide bonds. The average Bonchev–Trinajstić information content (AvgIpc) is 1.57. The molecule has 0 spiro atoms. The highest BCUT2D eigenvalue weighted by atomic mass is 16.7. The largest absolute Gasteiger partial charge is 0.496 e. The highest BCUT2D eigenvalue weighted by Gasteiger charge is 2.55. The highest BCUT2D eigenvalue weighted by molar-refractivity contribution is 6.08. The van der Waals surface area contributed by atoms with Gasteiger partial charge in [0.2, 0.25) is 18.1 Å². The van der Waals surface area contributed by atoms with E-state index in [0.717, 1.165) is 91.6 Å². The number of carbonyl (C=O) groups is 2. The summed E-state index contributed by atoms with van der Waals surface area (Å²) in [6.07, 6.45) is -11.1. The van der Waals surface area contributed by atoms with Gasteiger partial charge in [0.25, 0.3) is 5.91 Å². The monoisotopic (exact) mass is 1480 g/mol. The highest BCUT2D eigenvalue weighted by Crippen LogP contribution is 2.52. The molecule has 0 aromatic heterocycles. The number of methoxy groups -OCH3 is 1. The summed E-state index contributed by atoms with van der Waals surface area (Å²) in [5, 5.41) is 119. The Morgan fingerprint density at radius 3 is 1.79 bits per heavy atom. The van der Waals surface area contributed by atoms with Gasteiger partial charge in [-0.25, -0.2) is 0 Å². The van der Waals surface area contributed by atoms with Crippen LogP contribution in [0.25, 0.3) is 21.5 Å². The number of nitrogens with one attached hydrogen (secondary N) is 2. The van der Waals surface area contributed by atoms with Crippen molar-refractivity contribution in [2.24, 2.45) is 0 Å². The third-order valence-electron chi connectivity index (χ3n) is 22.6. The average molecular weight is 1480 g/mol. The molecule has 12 N–H and O–H groups in total. The number of rotatable bonds is 22. The van der Waals surface area contributed by atoms with E-state index >= 15 is 0 Å². The molecule has 0 saturated carbocycles. The van der Waals surface area contributed by atoms with Crippen LogP contribution in [0.3, 0.4) is 0 Å². The first kappa shape index (κ1) is 77.9. The predicted molar refractivity (Wildman–Crippen MR) is 386 cm³/mol. The maximum Gasteiger partial charge on any atom is 0.286 e. The summed E-state index contributed by atoms with van der Waals surface area (Å²) >= 11 is 0. The molecule has 14 heterocycles. The van der Waals surface area contributed by atoms with Gasteiger partial charge in [0.15, 0.2) is 18.3 Å². The van der Waals surface area contributed by atoms with Gasteiger partial charge in [-0.15, -0.1) is 0 Å². The molecule has 8 bridgehead atoms. The summed E-state index contributed by atoms with van der Waals surface area (Å²) in [6, 6.07) is 24.8. The van der Waals surface area contributed by atoms with Crippen LogP contribution < -0.4 is 15.5 Å². The van der Waals surface area contributed by atoms with E-state index in [0.29, 0.717) is 32.1 Å². The normalized spacial score (nSPS) is 34.6. The van der Waals surface area contributed by atoms with Crippen LogP contribution in [0.15, 0.2) is 120 Å². The van der Waals surface area contributed by atoms with E-state index in [9.17, 15) is 60.7 Å². The van der Waals surface area contributed by atoms with Crippen molar-refractivity contribution in [1.82, 2.24) is 10.6 Å². The van der Waals surface area contributed by atoms with E-state index < -0.39 is 160 Å². The molecular formula is C79H105N4O23+. The molecular weight excluding hydrogens is 1370 g/mol. The van der Waals surface area contributed by atoms with Gasteiger partial charge in [-0.2, -0.15) is 4.58 Å². The Kier molecular flexibility index (Phi) is 25.0. The van der Waals surface area contributed by atoms with Gasteiger partial charge in [-0.05, 0) is 134 Å². The van der Waals surface area contributed by atoms with Crippen molar-refractivity contribution in [1.29, 1.82) is 0 Å². The molecule has 27 nitrogen and oxygen atoms in total. The van der Waals surface area contributed by atoms with Crippen LogP contribution in [-0.4, -0.2) is 282 Å². The summed E-state index contributed by atoms with van der Waals surface area (Å²) in [4.78, 5) is 30.8. The van der Waals surface area contributed by atoms with Gasteiger partial charge in [0, 0.05) is 74.0 Å². The number of ether oxygens (including phenoxy) is 11. The van der Waals surface area contributed by atoms with Crippen LogP contribution >= 0.6 is 0 Å². The Hall–Kier alpha value is -6.23. The van der Waals surface area contributed by atoms with Gasteiger partial charge in [-0.3, -0.25) is 9.59 Å². The zero-order valence-corrected chi connectivity index (χ0v) is 60.8. The first-order valence-electron chi connectivity index (χ1n) is 37.5. The van der Waals surface area contributed by atoms with Crippen molar-refractivity contribution >= 4 is 50.4 Å². The number of hydrogen-bond donors (Lipinski definition) is 12. The number of amides is 2.